The van der Waals surface area contributed by atoms with Crippen LogP contribution in [-0.2, 0) is 20.0 Å². The van der Waals surface area contributed by atoms with Gasteiger partial charge in [0.1, 0.15) is 5.69 Å². The van der Waals surface area contributed by atoms with Crippen molar-refractivity contribution in [3.8, 4) is 17.5 Å². The molecule has 1 aliphatic rings. The van der Waals surface area contributed by atoms with Crippen LogP contribution < -0.4 is 9.64 Å². The van der Waals surface area contributed by atoms with Gasteiger partial charge < -0.3 is 9.64 Å². The summed E-state index contributed by atoms with van der Waals surface area (Å²) in [7, 11) is 3.52. The molecule has 8 heteroatoms. The fourth-order valence-corrected chi connectivity index (χ4v) is 3.94. The van der Waals surface area contributed by atoms with Gasteiger partial charge in [0.05, 0.1) is 7.11 Å². The molecule has 0 saturated carbocycles. The van der Waals surface area contributed by atoms with E-state index in [9.17, 15) is 0 Å². The Bertz CT molecular complexity index is 858. The summed E-state index contributed by atoms with van der Waals surface area (Å²) in [5.74, 6) is 1.57. The standard InChI is InChI=1S/C16H18N6OS/c1-21-14(12-5-7-17-15(18-12)23-2)19-20-16(21)22-8-3-4-13-11(10-22)6-9-24-13/h5-7,9H,3-4,8,10H2,1-2H3. The molecule has 0 unspecified atom stereocenters. The normalized spacial score (nSPS) is 14.3. The van der Waals surface area contributed by atoms with E-state index in [2.05, 4.69) is 36.5 Å². The zero-order chi connectivity index (χ0) is 16.5. The zero-order valence-corrected chi connectivity index (χ0v) is 14.5. The van der Waals surface area contributed by atoms with E-state index in [0.717, 1.165) is 31.9 Å². The molecular weight excluding hydrogens is 324 g/mol. The summed E-state index contributed by atoms with van der Waals surface area (Å²) in [5, 5.41) is 10.9. The Labute approximate surface area is 144 Å². The molecule has 4 rings (SSSR count). The minimum atomic E-state index is 0.328. The highest BCUT2D eigenvalue weighted by atomic mass is 32.1. The lowest BCUT2D eigenvalue weighted by Gasteiger charge is -2.21. The van der Waals surface area contributed by atoms with Crippen LogP contribution in [0.3, 0.4) is 0 Å². The molecule has 0 saturated heterocycles. The number of hydrogen-bond donors (Lipinski definition) is 0. The first-order valence-electron chi connectivity index (χ1n) is 7.83. The maximum Gasteiger partial charge on any atom is 0.316 e. The van der Waals surface area contributed by atoms with Gasteiger partial charge in [-0.05, 0) is 35.9 Å². The summed E-state index contributed by atoms with van der Waals surface area (Å²) in [5.41, 5.74) is 2.10. The molecule has 0 amide bonds. The van der Waals surface area contributed by atoms with Gasteiger partial charge in [0, 0.05) is 31.2 Å². The highest BCUT2D eigenvalue weighted by Crippen LogP contribution is 2.27. The van der Waals surface area contributed by atoms with Gasteiger partial charge in [-0.2, -0.15) is 4.98 Å². The smallest absolute Gasteiger partial charge is 0.316 e. The quantitative estimate of drug-likeness (QED) is 0.727. The minimum absolute atomic E-state index is 0.328. The number of aromatic nitrogens is 5. The summed E-state index contributed by atoms with van der Waals surface area (Å²) in [6, 6.07) is 4.36. The Balaban J connectivity index is 1.67. The largest absolute Gasteiger partial charge is 0.467 e. The van der Waals surface area contributed by atoms with E-state index in [1.807, 2.05) is 29.0 Å². The summed E-state index contributed by atoms with van der Waals surface area (Å²) in [4.78, 5) is 12.2. The van der Waals surface area contributed by atoms with Crippen LogP contribution >= 0.6 is 11.3 Å². The highest BCUT2D eigenvalue weighted by Gasteiger charge is 2.21. The number of anilines is 1. The summed E-state index contributed by atoms with van der Waals surface area (Å²) in [6.07, 6.45) is 3.92. The van der Waals surface area contributed by atoms with Crippen LogP contribution in [0.25, 0.3) is 11.5 Å². The molecule has 0 radical (unpaired) electrons. The molecule has 0 aromatic carbocycles. The molecule has 4 heterocycles. The van der Waals surface area contributed by atoms with E-state index >= 15 is 0 Å². The molecule has 124 valence electrons. The van der Waals surface area contributed by atoms with Crippen LogP contribution in [0.5, 0.6) is 6.01 Å². The predicted octanol–water partition coefficient (Wildman–Crippen LogP) is 2.29. The molecule has 3 aromatic heterocycles. The molecule has 1 aliphatic heterocycles. The van der Waals surface area contributed by atoms with E-state index in [-0.39, 0.29) is 0 Å². The topological polar surface area (TPSA) is 69.0 Å². The Hall–Kier alpha value is -2.48. The van der Waals surface area contributed by atoms with Crippen LogP contribution in [-0.4, -0.2) is 38.4 Å². The first-order chi connectivity index (χ1) is 11.8. The van der Waals surface area contributed by atoms with Gasteiger partial charge in [0.25, 0.3) is 0 Å². The highest BCUT2D eigenvalue weighted by molar-refractivity contribution is 7.10. The van der Waals surface area contributed by atoms with E-state index < -0.39 is 0 Å². The average Bonchev–Trinajstić information content (AvgIpc) is 3.16. The molecule has 24 heavy (non-hydrogen) atoms. The van der Waals surface area contributed by atoms with Crippen molar-refractivity contribution in [2.45, 2.75) is 19.4 Å². The molecule has 0 atom stereocenters. The number of hydrogen-bond acceptors (Lipinski definition) is 7. The van der Waals surface area contributed by atoms with Gasteiger partial charge >= 0.3 is 6.01 Å². The third kappa shape index (κ3) is 2.62. The zero-order valence-electron chi connectivity index (χ0n) is 13.6. The second-order valence-corrected chi connectivity index (χ2v) is 6.71. The fourth-order valence-electron chi connectivity index (χ4n) is 3.00. The lowest BCUT2D eigenvalue weighted by atomic mass is 10.2. The van der Waals surface area contributed by atoms with Crippen molar-refractivity contribution in [3.05, 3.63) is 34.2 Å². The van der Waals surface area contributed by atoms with Gasteiger partial charge in [-0.3, -0.25) is 4.57 Å². The second kappa shape index (κ2) is 6.20. The lowest BCUT2D eigenvalue weighted by Crippen LogP contribution is -2.25. The van der Waals surface area contributed by atoms with Crippen molar-refractivity contribution in [2.75, 3.05) is 18.6 Å². The number of nitrogens with zero attached hydrogens (tertiary/aromatic N) is 6. The summed E-state index contributed by atoms with van der Waals surface area (Å²) >= 11 is 1.85. The molecule has 3 aromatic rings. The van der Waals surface area contributed by atoms with Crippen molar-refractivity contribution >= 4 is 17.3 Å². The fraction of sp³-hybridized carbons (Fsp3) is 0.375. The second-order valence-electron chi connectivity index (χ2n) is 5.71. The number of aryl methyl sites for hydroxylation is 1. The average molecular weight is 342 g/mol. The first-order valence-corrected chi connectivity index (χ1v) is 8.71. The minimum Gasteiger partial charge on any atom is -0.467 e. The number of thiophene rings is 1. The summed E-state index contributed by atoms with van der Waals surface area (Å²) in [6.45, 7) is 1.85. The first kappa shape index (κ1) is 15.1. The van der Waals surface area contributed by atoms with Gasteiger partial charge in [-0.15, -0.1) is 21.5 Å². The van der Waals surface area contributed by atoms with Crippen LogP contribution in [0.2, 0.25) is 0 Å². The predicted molar refractivity (Wildman–Crippen MR) is 92.3 cm³/mol. The number of ether oxygens (including phenoxy) is 1. The van der Waals surface area contributed by atoms with E-state index in [1.54, 1.807) is 13.3 Å². The maximum atomic E-state index is 5.10. The van der Waals surface area contributed by atoms with Crippen molar-refractivity contribution < 1.29 is 4.74 Å². The van der Waals surface area contributed by atoms with Crippen molar-refractivity contribution in [1.29, 1.82) is 0 Å². The Morgan fingerprint density at radius 1 is 1.25 bits per heavy atom. The number of fused-ring (bicyclic) bond motifs is 1. The molecule has 7 nitrogen and oxygen atoms in total. The van der Waals surface area contributed by atoms with Crippen LogP contribution in [0.15, 0.2) is 23.7 Å². The van der Waals surface area contributed by atoms with E-state index in [4.69, 9.17) is 4.74 Å². The molecule has 0 N–H and O–H groups in total. The van der Waals surface area contributed by atoms with Gasteiger partial charge in [0.2, 0.25) is 5.95 Å². The number of methoxy groups -OCH3 is 1. The molecular formula is C16H18N6OS. The Morgan fingerprint density at radius 2 is 2.17 bits per heavy atom. The van der Waals surface area contributed by atoms with Crippen molar-refractivity contribution in [1.82, 2.24) is 24.7 Å². The lowest BCUT2D eigenvalue weighted by molar-refractivity contribution is 0.380. The monoisotopic (exact) mass is 342 g/mol. The molecule has 0 aliphatic carbocycles. The molecule has 0 spiro atoms. The third-order valence-electron chi connectivity index (χ3n) is 4.21. The van der Waals surface area contributed by atoms with Gasteiger partial charge in [0.15, 0.2) is 5.82 Å². The van der Waals surface area contributed by atoms with Crippen LogP contribution in [0, 0.1) is 0 Å². The molecule has 0 fully saturated rings. The van der Waals surface area contributed by atoms with Gasteiger partial charge in [-0.1, -0.05) is 0 Å². The number of rotatable bonds is 3. The van der Waals surface area contributed by atoms with E-state index in [1.165, 1.54) is 10.4 Å². The van der Waals surface area contributed by atoms with Crippen molar-refractivity contribution in [2.24, 2.45) is 7.05 Å². The maximum absolute atomic E-state index is 5.10. The van der Waals surface area contributed by atoms with Crippen LogP contribution in [0.4, 0.5) is 5.95 Å². The van der Waals surface area contributed by atoms with Gasteiger partial charge in [-0.25, -0.2) is 4.98 Å². The Morgan fingerprint density at radius 3 is 3.04 bits per heavy atom. The van der Waals surface area contributed by atoms with E-state index in [0.29, 0.717) is 17.5 Å². The Kier molecular flexibility index (Phi) is 3.89. The van der Waals surface area contributed by atoms with Crippen LogP contribution in [0.1, 0.15) is 16.9 Å². The molecule has 0 bridgehead atoms. The SMILES string of the molecule is COc1nccc(-c2nnc(N3CCCc4sccc4C3)n2C)n1. The van der Waals surface area contributed by atoms with Crippen molar-refractivity contribution in [3.63, 3.8) is 0 Å². The summed E-state index contributed by atoms with van der Waals surface area (Å²) < 4.78 is 7.08. The third-order valence-corrected chi connectivity index (χ3v) is 5.23.